The minimum Gasteiger partial charge on any atom is -0.371 e. The normalized spacial score (nSPS) is 16.0. The number of ketones is 1. The van der Waals surface area contributed by atoms with Gasteiger partial charge >= 0.3 is 0 Å². The van der Waals surface area contributed by atoms with Crippen LogP contribution in [0.4, 0.5) is 5.69 Å². The van der Waals surface area contributed by atoms with E-state index in [2.05, 4.69) is 24.0 Å². The van der Waals surface area contributed by atoms with Gasteiger partial charge in [0.2, 0.25) is 0 Å². The van der Waals surface area contributed by atoms with E-state index in [1.165, 1.54) is 30.5 Å². The fourth-order valence-electron chi connectivity index (χ4n) is 2.46. The minimum absolute atomic E-state index is 0.239. The maximum Gasteiger partial charge on any atom is 0.162 e. The van der Waals surface area contributed by atoms with Gasteiger partial charge in [-0.15, -0.1) is 0 Å². The first-order valence-electron chi connectivity index (χ1n) is 6.61. The molecule has 0 spiro atoms. The summed E-state index contributed by atoms with van der Waals surface area (Å²) in [5.74, 6) is 0.239. The average molecular weight is 231 g/mol. The summed E-state index contributed by atoms with van der Waals surface area (Å²) in [5, 5.41) is 0. The van der Waals surface area contributed by atoms with E-state index < -0.39 is 0 Å². The molecular formula is C15H21NO. The van der Waals surface area contributed by atoms with Gasteiger partial charge in [0.05, 0.1) is 0 Å². The summed E-state index contributed by atoms with van der Waals surface area (Å²) >= 11 is 0. The van der Waals surface area contributed by atoms with Crippen molar-refractivity contribution in [2.45, 2.75) is 39.5 Å². The molecule has 0 saturated carbocycles. The Bertz CT molecular complexity index is 405. The molecule has 0 atom stereocenters. The molecule has 0 bridgehead atoms. The molecule has 1 saturated heterocycles. The van der Waals surface area contributed by atoms with Gasteiger partial charge in [0.15, 0.2) is 5.78 Å². The second-order valence-electron chi connectivity index (χ2n) is 4.83. The third-order valence-electron chi connectivity index (χ3n) is 3.55. The summed E-state index contributed by atoms with van der Waals surface area (Å²) in [7, 11) is 0. The Morgan fingerprint density at radius 1 is 1.24 bits per heavy atom. The molecule has 2 nitrogen and oxygen atoms in total. The first kappa shape index (κ1) is 12.2. The Labute approximate surface area is 104 Å². The third kappa shape index (κ3) is 2.68. The van der Waals surface area contributed by atoms with Gasteiger partial charge in [-0.1, -0.05) is 19.1 Å². The van der Waals surface area contributed by atoms with Gasteiger partial charge in [0, 0.05) is 30.8 Å². The van der Waals surface area contributed by atoms with Gasteiger partial charge in [-0.3, -0.25) is 4.79 Å². The van der Waals surface area contributed by atoms with E-state index >= 15 is 0 Å². The van der Waals surface area contributed by atoms with Gasteiger partial charge in [0.1, 0.15) is 0 Å². The van der Waals surface area contributed by atoms with Crippen LogP contribution in [-0.2, 0) is 0 Å². The van der Waals surface area contributed by atoms with Crippen LogP contribution in [0.2, 0.25) is 0 Å². The fraction of sp³-hybridized carbons (Fsp3) is 0.533. The van der Waals surface area contributed by atoms with Crippen molar-refractivity contribution in [1.29, 1.82) is 0 Å². The summed E-state index contributed by atoms with van der Waals surface area (Å²) in [6, 6.07) is 6.11. The molecule has 0 radical (unpaired) electrons. The maximum atomic E-state index is 11.7. The molecule has 0 aromatic heterocycles. The topological polar surface area (TPSA) is 20.3 Å². The van der Waals surface area contributed by atoms with Crippen molar-refractivity contribution in [3.05, 3.63) is 29.3 Å². The Kier molecular flexibility index (Phi) is 3.82. The van der Waals surface area contributed by atoms with Crippen molar-refractivity contribution >= 4 is 11.5 Å². The quantitative estimate of drug-likeness (QED) is 0.741. The highest BCUT2D eigenvalue weighted by Crippen LogP contribution is 2.25. The summed E-state index contributed by atoms with van der Waals surface area (Å²) in [6.45, 7) is 6.31. The summed E-state index contributed by atoms with van der Waals surface area (Å²) in [5.41, 5.74) is 3.39. The second-order valence-corrected chi connectivity index (χ2v) is 4.83. The molecule has 0 N–H and O–H groups in total. The molecule has 2 heteroatoms. The molecule has 1 fully saturated rings. The number of anilines is 1. The summed E-state index contributed by atoms with van der Waals surface area (Å²) in [6.07, 6.45) is 4.46. The van der Waals surface area contributed by atoms with Crippen molar-refractivity contribution < 1.29 is 4.79 Å². The number of benzene rings is 1. The van der Waals surface area contributed by atoms with Crippen LogP contribution in [0.25, 0.3) is 0 Å². The molecular weight excluding hydrogens is 210 g/mol. The third-order valence-corrected chi connectivity index (χ3v) is 3.55. The van der Waals surface area contributed by atoms with Gasteiger partial charge in [0.25, 0.3) is 0 Å². The van der Waals surface area contributed by atoms with Crippen LogP contribution in [0, 0.1) is 6.92 Å². The minimum atomic E-state index is 0.239. The molecule has 0 aliphatic carbocycles. The van der Waals surface area contributed by atoms with E-state index in [1.807, 2.05) is 13.0 Å². The highest BCUT2D eigenvalue weighted by atomic mass is 16.1. The molecule has 2 rings (SSSR count). The zero-order chi connectivity index (χ0) is 12.3. The van der Waals surface area contributed by atoms with Gasteiger partial charge < -0.3 is 4.90 Å². The highest BCUT2D eigenvalue weighted by Gasteiger charge is 2.14. The lowest BCUT2D eigenvalue weighted by Crippen LogP contribution is -2.30. The molecule has 17 heavy (non-hydrogen) atoms. The standard InChI is InChI=1S/C15H21NO/c1-3-15(17)13-8-7-12(2)14(11-13)16-9-5-4-6-10-16/h7-8,11H,3-6,9-10H2,1-2H3. The largest absolute Gasteiger partial charge is 0.371 e. The Balaban J connectivity index is 2.28. The van der Waals surface area contributed by atoms with E-state index in [9.17, 15) is 4.79 Å². The van der Waals surface area contributed by atoms with Crippen LogP contribution in [0.15, 0.2) is 18.2 Å². The lowest BCUT2D eigenvalue weighted by Gasteiger charge is -2.30. The predicted molar refractivity (Wildman–Crippen MR) is 71.9 cm³/mol. The van der Waals surface area contributed by atoms with Crippen LogP contribution in [0.3, 0.4) is 0 Å². The molecule has 1 heterocycles. The zero-order valence-electron chi connectivity index (χ0n) is 10.8. The highest BCUT2D eigenvalue weighted by molar-refractivity contribution is 5.96. The second kappa shape index (κ2) is 5.35. The van der Waals surface area contributed by atoms with E-state index in [0.717, 1.165) is 18.7 Å². The smallest absolute Gasteiger partial charge is 0.162 e. The lowest BCUT2D eigenvalue weighted by molar-refractivity contribution is 0.0988. The monoisotopic (exact) mass is 231 g/mol. The number of carbonyl (C=O) groups is 1. The molecule has 0 amide bonds. The fourth-order valence-corrected chi connectivity index (χ4v) is 2.46. The molecule has 1 aromatic carbocycles. The first-order chi connectivity index (χ1) is 8.22. The Hall–Kier alpha value is -1.31. The van der Waals surface area contributed by atoms with Crippen LogP contribution in [0.1, 0.15) is 48.5 Å². The lowest BCUT2D eigenvalue weighted by atomic mass is 10.0. The van der Waals surface area contributed by atoms with Crippen molar-refractivity contribution in [3.8, 4) is 0 Å². The number of aryl methyl sites for hydroxylation is 1. The van der Waals surface area contributed by atoms with E-state index in [1.54, 1.807) is 0 Å². The molecule has 0 unspecified atom stereocenters. The van der Waals surface area contributed by atoms with Crippen LogP contribution < -0.4 is 4.90 Å². The number of piperidine rings is 1. The van der Waals surface area contributed by atoms with Gasteiger partial charge in [-0.05, 0) is 37.8 Å². The average Bonchev–Trinajstić information content (AvgIpc) is 2.39. The van der Waals surface area contributed by atoms with Crippen LogP contribution >= 0.6 is 0 Å². The van der Waals surface area contributed by atoms with E-state index in [0.29, 0.717) is 6.42 Å². The molecule has 92 valence electrons. The molecule has 1 aliphatic rings. The van der Waals surface area contributed by atoms with Crippen molar-refractivity contribution in [1.82, 2.24) is 0 Å². The SMILES string of the molecule is CCC(=O)c1ccc(C)c(N2CCCCC2)c1. The number of carbonyl (C=O) groups excluding carboxylic acids is 1. The number of hydrogen-bond acceptors (Lipinski definition) is 2. The van der Waals surface area contributed by atoms with Crippen LogP contribution in [0.5, 0.6) is 0 Å². The van der Waals surface area contributed by atoms with Crippen LogP contribution in [-0.4, -0.2) is 18.9 Å². The molecule has 1 aromatic rings. The van der Waals surface area contributed by atoms with Crippen molar-refractivity contribution in [2.24, 2.45) is 0 Å². The first-order valence-corrected chi connectivity index (χ1v) is 6.61. The summed E-state index contributed by atoms with van der Waals surface area (Å²) < 4.78 is 0. The van der Waals surface area contributed by atoms with E-state index in [4.69, 9.17) is 0 Å². The Morgan fingerprint density at radius 3 is 2.59 bits per heavy atom. The number of hydrogen-bond donors (Lipinski definition) is 0. The van der Waals surface area contributed by atoms with Crippen molar-refractivity contribution in [3.63, 3.8) is 0 Å². The van der Waals surface area contributed by atoms with E-state index in [-0.39, 0.29) is 5.78 Å². The summed E-state index contributed by atoms with van der Waals surface area (Å²) in [4.78, 5) is 14.2. The van der Waals surface area contributed by atoms with Gasteiger partial charge in [-0.2, -0.15) is 0 Å². The maximum absolute atomic E-state index is 11.7. The number of Topliss-reactive ketones (excluding diaryl/α,β-unsaturated/α-hetero) is 1. The zero-order valence-corrected chi connectivity index (χ0v) is 10.8. The number of rotatable bonds is 3. The number of nitrogens with zero attached hydrogens (tertiary/aromatic N) is 1. The predicted octanol–water partition coefficient (Wildman–Crippen LogP) is 3.58. The molecule has 1 aliphatic heterocycles. The van der Waals surface area contributed by atoms with Crippen molar-refractivity contribution in [2.75, 3.05) is 18.0 Å². The Morgan fingerprint density at radius 2 is 1.94 bits per heavy atom. The van der Waals surface area contributed by atoms with Gasteiger partial charge in [-0.25, -0.2) is 0 Å².